The first-order valence-corrected chi connectivity index (χ1v) is 12.4. The molecular weight excluding hydrogens is 506 g/mol. The number of thioether (sulfide) groups is 1. The number of para-hydroxylation sites is 1. The van der Waals surface area contributed by atoms with Crippen LogP contribution in [0.4, 0.5) is 10.5 Å². The van der Waals surface area contributed by atoms with E-state index in [1.807, 2.05) is 0 Å². The normalized spacial score (nSPS) is 24.1. The number of β-lactam (4-membered cyclic amide) rings is 1. The number of hydrogen-bond donors (Lipinski definition) is 3. The van der Waals surface area contributed by atoms with Crippen LogP contribution in [0.15, 0.2) is 24.3 Å². The molecule has 3 heterocycles. The van der Waals surface area contributed by atoms with Crippen molar-refractivity contribution in [1.29, 1.82) is 0 Å². The predicted octanol–water partition coefficient (Wildman–Crippen LogP) is -0.741. The van der Waals surface area contributed by atoms with Crippen LogP contribution in [0.1, 0.15) is 26.3 Å². The first-order valence-electron chi connectivity index (χ1n) is 11.5. The summed E-state index contributed by atoms with van der Waals surface area (Å²) in [5.41, 5.74) is 0.737. The molecule has 0 aliphatic carbocycles. The fourth-order valence-corrected chi connectivity index (χ4v) is 6.32. The van der Waals surface area contributed by atoms with E-state index in [0.29, 0.717) is 17.8 Å². The number of imide groups is 1. The zero-order valence-electron chi connectivity index (χ0n) is 20.5. The summed E-state index contributed by atoms with van der Waals surface area (Å²) in [5.74, 6) is -3.68. The second-order valence-corrected chi connectivity index (χ2v) is 11.0. The van der Waals surface area contributed by atoms with Crippen LogP contribution in [0, 0.1) is 0 Å². The lowest BCUT2D eigenvalue weighted by Gasteiger charge is -2.43. The highest BCUT2D eigenvalue weighted by Gasteiger charge is 2.64. The van der Waals surface area contributed by atoms with Crippen molar-refractivity contribution in [2.75, 3.05) is 25.0 Å². The standard InChI is InChI=1S/C23H27N5O7S.H2O/c1-4-26-9-10-27(19(32)18(26)31)22(35)24-13-8-6-5-7-12(13)11-14(29)25-15-17(30)28-16(21(33)34)23(2,3)36-20(15)28;/h5-8,15-16,20H,4,9-11H2,1-3H3,(H,24,35)(H,25,29)(H,33,34);1H2/t15?,16-,20+;/m0./s1. The van der Waals surface area contributed by atoms with Gasteiger partial charge < -0.3 is 31.0 Å². The van der Waals surface area contributed by atoms with Crippen LogP contribution in [-0.2, 0) is 30.4 Å². The lowest BCUT2D eigenvalue weighted by Crippen LogP contribution is -2.70. The van der Waals surface area contributed by atoms with Gasteiger partial charge >= 0.3 is 23.8 Å². The van der Waals surface area contributed by atoms with Gasteiger partial charge in [-0.1, -0.05) is 18.2 Å². The quantitative estimate of drug-likeness (QED) is 0.314. The Morgan fingerprint density at radius 3 is 2.43 bits per heavy atom. The monoisotopic (exact) mass is 535 g/mol. The van der Waals surface area contributed by atoms with Crippen LogP contribution in [0.3, 0.4) is 0 Å². The number of benzene rings is 1. The molecule has 1 aromatic carbocycles. The summed E-state index contributed by atoms with van der Waals surface area (Å²) in [6.07, 6.45) is -0.167. The van der Waals surface area contributed by atoms with E-state index in [4.69, 9.17) is 0 Å². The van der Waals surface area contributed by atoms with Crippen LogP contribution in [0.5, 0.6) is 0 Å². The van der Waals surface area contributed by atoms with Crippen molar-refractivity contribution in [2.24, 2.45) is 0 Å². The highest BCUT2D eigenvalue weighted by Crippen LogP contribution is 2.50. The van der Waals surface area contributed by atoms with Crippen LogP contribution >= 0.6 is 11.8 Å². The summed E-state index contributed by atoms with van der Waals surface area (Å²) in [6, 6.07) is 3.93. The van der Waals surface area contributed by atoms with E-state index in [9.17, 15) is 33.9 Å². The number of nitrogens with zero attached hydrogens (tertiary/aromatic N) is 3. The minimum atomic E-state index is -1.09. The highest BCUT2D eigenvalue weighted by molar-refractivity contribution is 8.01. The molecule has 14 heteroatoms. The molecule has 4 rings (SSSR count). The number of carboxylic acids is 1. The van der Waals surface area contributed by atoms with Crippen molar-refractivity contribution in [2.45, 2.75) is 49.4 Å². The van der Waals surface area contributed by atoms with E-state index in [-0.39, 0.29) is 25.0 Å². The van der Waals surface area contributed by atoms with Gasteiger partial charge in [-0.15, -0.1) is 11.8 Å². The molecule has 3 aliphatic rings. The number of amides is 6. The Kier molecular flexibility index (Phi) is 7.83. The van der Waals surface area contributed by atoms with E-state index in [1.165, 1.54) is 21.6 Å². The molecule has 3 aliphatic heterocycles. The fraction of sp³-hybridized carbons (Fsp3) is 0.478. The fourth-order valence-electron chi connectivity index (χ4n) is 4.69. The number of anilines is 1. The number of fused-ring (bicyclic) bond motifs is 1. The zero-order chi connectivity index (χ0) is 26.4. The molecule has 0 aromatic heterocycles. The number of aliphatic carboxylic acids is 1. The van der Waals surface area contributed by atoms with Crippen LogP contribution < -0.4 is 10.6 Å². The maximum absolute atomic E-state index is 12.8. The predicted molar refractivity (Wildman–Crippen MR) is 132 cm³/mol. The SMILES string of the molecule is CCN1CCN(C(=O)Nc2ccccc2CC(=O)NC2C(=O)N3[C@@H]2SC(C)(C)[C@@H]3C(=O)O)C(=O)C1=O.O. The molecule has 1 aromatic rings. The van der Waals surface area contributed by atoms with Gasteiger partial charge in [0.15, 0.2) is 0 Å². The van der Waals surface area contributed by atoms with Gasteiger partial charge in [0.2, 0.25) is 11.8 Å². The average Bonchev–Trinajstić information content (AvgIpc) is 3.08. The van der Waals surface area contributed by atoms with Crippen molar-refractivity contribution in [3.05, 3.63) is 29.8 Å². The van der Waals surface area contributed by atoms with E-state index in [1.54, 1.807) is 45.0 Å². The smallest absolute Gasteiger partial charge is 0.329 e. The maximum Gasteiger partial charge on any atom is 0.329 e. The second kappa shape index (κ2) is 10.4. The number of rotatable bonds is 6. The molecule has 37 heavy (non-hydrogen) atoms. The van der Waals surface area contributed by atoms with Crippen molar-refractivity contribution in [3.63, 3.8) is 0 Å². The molecule has 6 amide bonds. The second-order valence-electron chi connectivity index (χ2n) is 9.25. The third kappa shape index (κ3) is 4.98. The molecule has 3 fully saturated rings. The number of piperazine rings is 1. The van der Waals surface area contributed by atoms with Crippen molar-refractivity contribution < 1.29 is 39.3 Å². The van der Waals surface area contributed by atoms with Crippen molar-refractivity contribution >= 4 is 53.1 Å². The van der Waals surface area contributed by atoms with Crippen LogP contribution in [0.2, 0.25) is 0 Å². The Hall–Kier alpha value is -3.65. The summed E-state index contributed by atoms with van der Waals surface area (Å²) < 4.78 is -0.704. The number of urea groups is 1. The molecule has 0 saturated carbocycles. The lowest BCUT2D eigenvalue weighted by molar-refractivity contribution is -0.161. The minimum absolute atomic E-state index is 0. The van der Waals surface area contributed by atoms with Gasteiger partial charge in [0.1, 0.15) is 17.5 Å². The summed E-state index contributed by atoms with van der Waals surface area (Å²) >= 11 is 1.33. The minimum Gasteiger partial charge on any atom is -0.480 e. The topological polar surface area (TPSA) is 188 Å². The number of hydrogen-bond acceptors (Lipinski definition) is 7. The molecular formula is C23H29N5O8S. The molecule has 200 valence electrons. The number of carbonyl (C=O) groups excluding carboxylic acids is 5. The molecule has 0 bridgehead atoms. The van der Waals surface area contributed by atoms with Gasteiger partial charge in [0.25, 0.3) is 0 Å². The Balaban J connectivity index is 0.00000380. The van der Waals surface area contributed by atoms with Gasteiger partial charge in [-0.3, -0.25) is 24.1 Å². The van der Waals surface area contributed by atoms with Gasteiger partial charge in [-0.05, 0) is 32.4 Å². The molecule has 0 spiro atoms. The third-order valence-electron chi connectivity index (χ3n) is 6.54. The first kappa shape index (κ1) is 27.9. The molecule has 5 N–H and O–H groups in total. The maximum atomic E-state index is 12.8. The average molecular weight is 536 g/mol. The largest absolute Gasteiger partial charge is 0.480 e. The molecule has 3 saturated heterocycles. The third-order valence-corrected chi connectivity index (χ3v) is 8.11. The number of carbonyl (C=O) groups is 6. The van der Waals surface area contributed by atoms with Gasteiger partial charge in [-0.2, -0.15) is 0 Å². The number of nitrogens with one attached hydrogen (secondary N) is 2. The Labute approximate surface area is 216 Å². The molecule has 0 radical (unpaired) electrons. The summed E-state index contributed by atoms with van der Waals surface area (Å²) in [7, 11) is 0. The Bertz CT molecular complexity index is 1160. The van der Waals surface area contributed by atoms with E-state index < -0.39 is 57.8 Å². The van der Waals surface area contributed by atoms with E-state index in [0.717, 1.165) is 4.90 Å². The molecule has 13 nitrogen and oxygen atoms in total. The first-order chi connectivity index (χ1) is 17.0. The lowest BCUT2D eigenvalue weighted by atomic mass is 9.96. The molecule has 3 atom stereocenters. The van der Waals surface area contributed by atoms with E-state index in [2.05, 4.69) is 10.6 Å². The summed E-state index contributed by atoms with van der Waals surface area (Å²) in [4.78, 5) is 77.7. The number of likely N-dealkylation sites (N-methyl/N-ethyl adjacent to an activating group) is 1. The van der Waals surface area contributed by atoms with Crippen LogP contribution in [0.25, 0.3) is 0 Å². The zero-order valence-corrected chi connectivity index (χ0v) is 21.3. The van der Waals surface area contributed by atoms with Gasteiger partial charge in [-0.25, -0.2) is 9.59 Å². The molecule has 1 unspecified atom stereocenters. The van der Waals surface area contributed by atoms with Gasteiger partial charge in [0.05, 0.1) is 6.42 Å². The van der Waals surface area contributed by atoms with Crippen molar-refractivity contribution in [3.8, 4) is 0 Å². The Morgan fingerprint density at radius 2 is 1.78 bits per heavy atom. The highest BCUT2D eigenvalue weighted by atomic mass is 32.2. The van der Waals surface area contributed by atoms with E-state index >= 15 is 0 Å². The Morgan fingerprint density at radius 1 is 1.11 bits per heavy atom. The summed E-state index contributed by atoms with van der Waals surface area (Å²) in [5, 5.41) is 14.3. The number of carboxylic acid groups (broad SMARTS) is 1. The van der Waals surface area contributed by atoms with Crippen molar-refractivity contribution in [1.82, 2.24) is 20.0 Å². The summed E-state index contributed by atoms with van der Waals surface area (Å²) in [6.45, 7) is 5.91. The van der Waals surface area contributed by atoms with Gasteiger partial charge in [0, 0.05) is 30.1 Å². The van der Waals surface area contributed by atoms with Crippen LogP contribution in [-0.4, -0.2) is 103 Å².